The average molecular weight is 225 g/mol. The molecule has 90 valence electrons. The van der Waals surface area contributed by atoms with Crippen LogP contribution in [0, 0.1) is 0 Å². The zero-order chi connectivity index (χ0) is 12.0. The molecule has 4 nitrogen and oxygen atoms in total. The highest BCUT2D eigenvalue weighted by Crippen LogP contribution is 2.19. The number of amides is 1. The Hall–Kier alpha value is -1.32. The molecule has 1 aliphatic carbocycles. The zero-order valence-corrected chi connectivity index (χ0v) is 9.91. The molecular formula is C12H19NO3. The van der Waals surface area contributed by atoms with Crippen LogP contribution < -0.4 is 5.32 Å². The largest absolute Gasteiger partial charge is 0.467 e. The molecule has 0 aromatic rings. The van der Waals surface area contributed by atoms with Crippen molar-refractivity contribution in [2.45, 2.75) is 45.1 Å². The molecule has 16 heavy (non-hydrogen) atoms. The van der Waals surface area contributed by atoms with Crippen molar-refractivity contribution < 1.29 is 14.3 Å². The topological polar surface area (TPSA) is 55.4 Å². The lowest BCUT2D eigenvalue weighted by Gasteiger charge is -2.14. The van der Waals surface area contributed by atoms with Gasteiger partial charge >= 0.3 is 5.97 Å². The molecule has 0 aromatic carbocycles. The maximum Gasteiger partial charge on any atom is 0.328 e. The van der Waals surface area contributed by atoms with Crippen LogP contribution >= 0.6 is 0 Å². The Kier molecular flexibility index (Phi) is 5.02. The molecule has 0 spiro atoms. The van der Waals surface area contributed by atoms with E-state index in [1.807, 2.05) is 0 Å². The number of hydrogen-bond acceptors (Lipinski definition) is 3. The fraction of sp³-hybridized carbons (Fsp3) is 0.667. The van der Waals surface area contributed by atoms with Crippen molar-refractivity contribution >= 4 is 11.9 Å². The van der Waals surface area contributed by atoms with Gasteiger partial charge in [-0.15, -0.1) is 0 Å². The highest BCUT2D eigenvalue weighted by Gasteiger charge is 2.16. The summed E-state index contributed by atoms with van der Waals surface area (Å²) in [6.45, 7) is 1.62. The third kappa shape index (κ3) is 4.04. The van der Waals surface area contributed by atoms with Crippen molar-refractivity contribution in [3.63, 3.8) is 0 Å². The molecule has 0 unspecified atom stereocenters. The number of nitrogens with one attached hydrogen (secondary N) is 1. The quantitative estimate of drug-likeness (QED) is 0.583. The first kappa shape index (κ1) is 12.7. The van der Waals surface area contributed by atoms with E-state index in [1.54, 1.807) is 6.92 Å². The molecule has 0 bridgehead atoms. The Morgan fingerprint density at radius 1 is 1.50 bits per heavy atom. The molecule has 0 fully saturated rings. The Morgan fingerprint density at radius 2 is 2.25 bits per heavy atom. The molecule has 0 aliphatic heterocycles. The lowest BCUT2D eigenvalue weighted by atomic mass is 9.97. The van der Waals surface area contributed by atoms with Gasteiger partial charge in [0.15, 0.2) is 0 Å². The number of esters is 1. The number of rotatable bonds is 4. The standard InChI is InChI=1S/C12H19NO3/c1-9(12(15)16-2)13-11(14)8-10-6-4-3-5-7-10/h6,9H,3-5,7-8H2,1-2H3,(H,13,14)/t9-/m1/s1. The number of carbonyl (C=O) groups is 2. The molecule has 0 saturated carbocycles. The van der Waals surface area contributed by atoms with Crippen LogP contribution in [0.1, 0.15) is 39.0 Å². The predicted octanol–water partition coefficient (Wildman–Crippen LogP) is 1.55. The van der Waals surface area contributed by atoms with E-state index in [1.165, 1.54) is 19.1 Å². The monoisotopic (exact) mass is 225 g/mol. The molecule has 1 amide bonds. The van der Waals surface area contributed by atoms with E-state index in [-0.39, 0.29) is 5.91 Å². The van der Waals surface area contributed by atoms with Gasteiger partial charge in [-0.2, -0.15) is 0 Å². The van der Waals surface area contributed by atoms with Crippen molar-refractivity contribution in [1.29, 1.82) is 0 Å². The zero-order valence-electron chi connectivity index (χ0n) is 9.91. The van der Waals surface area contributed by atoms with Gasteiger partial charge in [-0.05, 0) is 32.6 Å². The molecule has 1 aliphatic rings. The highest BCUT2D eigenvalue weighted by atomic mass is 16.5. The van der Waals surface area contributed by atoms with Gasteiger partial charge in [-0.25, -0.2) is 4.79 Å². The molecule has 4 heteroatoms. The predicted molar refractivity (Wildman–Crippen MR) is 60.8 cm³/mol. The number of ether oxygens (including phenoxy) is 1. The fourth-order valence-electron chi connectivity index (χ4n) is 1.80. The van der Waals surface area contributed by atoms with E-state index < -0.39 is 12.0 Å². The number of allylic oxidation sites excluding steroid dienone is 1. The minimum absolute atomic E-state index is 0.106. The SMILES string of the molecule is COC(=O)[C@@H](C)NC(=O)CC1=CCCCC1. The lowest BCUT2D eigenvalue weighted by Crippen LogP contribution is -2.39. The first-order valence-electron chi connectivity index (χ1n) is 5.68. The van der Waals surface area contributed by atoms with Gasteiger partial charge in [0, 0.05) is 6.42 Å². The third-order valence-corrected chi connectivity index (χ3v) is 2.70. The van der Waals surface area contributed by atoms with Crippen LogP contribution in [0.25, 0.3) is 0 Å². The van der Waals surface area contributed by atoms with Crippen LogP contribution in [0.3, 0.4) is 0 Å². The molecule has 0 saturated heterocycles. The molecule has 1 atom stereocenters. The van der Waals surface area contributed by atoms with Gasteiger partial charge in [-0.3, -0.25) is 4.79 Å². The second-order valence-electron chi connectivity index (χ2n) is 4.10. The Morgan fingerprint density at radius 3 is 2.81 bits per heavy atom. The molecule has 0 heterocycles. The summed E-state index contributed by atoms with van der Waals surface area (Å²) in [4.78, 5) is 22.7. The second-order valence-corrected chi connectivity index (χ2v) is 4.10. The van der Waals surface area contributed by atoms with Gasteiger partial charge in [-0.1, -0.05) is 11.6 Å². The van der Waals surface area contributed by atoms with Crippen molar-refractivity contribution in [3.8, 4) is 0 Å². The summed E-state index contributed by atoms with van der Waals surface area (Å²) in [6, 6.07) is -0.568. The molecule has 1 N–H and O–H groups in total. The van der Waals surface area contributed by atoms with Crippen LogP contribution in [0.15, 0.2) is 11.6 Å². The highest BCUT2D eigenvalue weighted by molar-refractivity contribution is 5.85. The first-order valence-corrected chi connectivity index (χ1v) is 5.68. The van der Waals surface area contributed by atoms with E-state index in [0.717, 1.165) is 19.3 Å². The molecule has 0 radical (unpaired) electrons. The Bertz CT molecular complexity index is 297. The molecular weight excluding hydrogens is 206 g/mol. The van der Waals surface area contributed by atoms with E-state index in [2.05, 4.69) is 16.1 Å². The summed E-state index contributed by atoms with van der Waals surface area (Å²) in [5, 5.41) is 2.62. The minimum Gasteiger partial charge on any atom is -0.467 e. The van der Waals surface area contributed by atoms with E-state index in [0.29, 0.717) is 6.42 Å². The fourth-order valence-corrected chi connectivity index (χ4v) is 1.80. The lowest BCUT2D eigenvalue weighted by molar-refractivity contribution is -0.144. The van der Waals surface area contributed by atoms with Crippen molar-refractivity contribution in [1.82, 2.24) is 5.32 Å². The summed E-state index contributed by atoms with van der Waals surface area (Å²) in [5.41, 5.74) is 1.18. The van der Waals surface area contributed by atoms with Gasteiger partial charge < -0.3 is 10.1 Å². The van der Waals surface area contributed by atoms with Gasteiger partial charge in [0.25, 0.3) is 0 Å². The van der Waals surface area contributed by atoms with Gasteiger partial charge in [0.1, 0.15) is 6.04 Å². The normalized spacial score (nSPS) is 17.2. The number of hydrogen-bond donors (Lipinski definition) is 1. The number of carbonyl (C=O) groups excluding carboxylic acids is 2. The number of methoxy groups -OCH3 is 1. The van der Waals surface area contributed by atoms with Crippen molar-refractivity contribution in [2.75, 3.05) is 7.11 Å². The third-order valence-electron chi connectivity index (χ3n) is 2.70. The summed E-state index contributed by atoms with van der Waals surface area (Å²) in [7, 11) is 1.31. The minimum atomic E-state index is -0.568. The van der Waals surface area contributed by atoms with E-state index >= 15 is 0 Å². The molecule has 0 aromatic heterocycles. The maximum absolute atomic E-state index is 11.6. The van der Waals surface area contributed by atoms with Crippen LogP contribution in [0.2, 0.25) is 0 Å². The smallest absolute Gasteiger partial charge is 0.328 e. The van der Waals surface area contributed by atoms with Crippen LogP contribution in [-0.4, -0.2) is 25.0 Å². The Balaban J connectivity index is 2.35. The first-order chi connectivity index (χ1) is 7.63. The van der Waals surface area contributed by atoms with Gasteiger partial charge in [0.05, 0.1) is 7.11 Å². The summed E-state index contributed by atoms with van der Waals surface area (Å²) in [5.74, 6) is -0.517. The Labute approximate surface area is 96.0 Å². The van der Waals surface area contributed by atoms with Gasteiger partial charge in [0.2, 0.25) is 5.91 Å². The van der Waals surface area contributed by atoms with Crippen LogP contribution in [0.5, 0.6) is 0 Å². The molecule has 1 rings (SSSR count). The van der Waals surface area contributed by atoms with E-state index in [9.17, 15) is 9.59 Å². The van der Waals surface area contributed by atoms with Crippen molar-refractivity contribution in [2.24, 2.45) is 0 Å². The maximum atomic E-state index is 11.6. The van der Waals surface area contributed by atoms with Crippen molar-refractivity contribution in [3.05, 3.63) is 11.6 Å². The summed E-state index contributed by atoms with van der Waals surface area (Å²) < 4.78 is 4.53. The second kappa shape index (κ2) is 6.30. The summed E-state index contributed by atoms with van der Waals surface area (Å²) in [6.07, 6.45) is 6.97. The van der Waals surface area contributed by atoms with Crippen LogP contribution in [0.4, 0.5) is 0 Å². The van der Waals surface area contributed by atoms with E-state index in [4.69, 9.17) is 0 Å². The van der Waals surface area contributed by atoms with Crippen LogP contribution in [-0.2, 0) is 14.3 Å². The average Bonchev–Trinajstić information content (AvgIpc) is 2.29. The summed E-state index contributed by atoms with van der Waals surface area (Å²) >= 11 is 0.